The average Bonchev–Trinajstić information content (AvgIpc) is 2.39. The largest absolute Gasteiger partial charge is 0.397 e. The van der Waals surface area contributed by atoms with Crippen LogP contribution in [0.2, 0.25) is 0 Å². The third-order valence-corrected chi connectivity index (χ3v) is 3.41. The quantitative estimate of drug-likeness (QED) is 0.830. The number of rotatable bonds is 1. The van der Waals surface area contributed by atoms with Gasteiger partial charge in [-0.15, -0.1) is 0 Å². The first-order valence-electron chi connectivity index (χ1n) is 6.31. The lowest BCUT2D eigenvalue weighted by molar-refractivity contribution is 0.658. The molecule has 0 unspecified atom stereocenters. The number of hydrogen-bond donors (Lipinski definition) is 1. The summed E-state index contributed by atoms with van der Waals surface area (Å²) in [5.74, 6) is 0.743. The maximum absolute atomic E-state index is 5.75. The van der Waals surface area contributed by atoms with Crippen molar-refractivity contribution >= 4 is 5.69 Å². The van der Waals surface area contributed by atoms with E-state index >= 15 is 0 Å². The number of pyridine rings is 1. The van der Waals surface area contributed by atoms with E-state index in [0.717, 1.165) is 29.9 Å². The van der Waals surface area contributed by atoms with Crippen LogP contribution in [0.1, 0.15) is 29.8 Å². The number of aryl methyl sites for hydroxylation is 2. The first kappa shape index (κ1) is 11.1. The highest BCUT2D eigenvalue weighted by Gasteiger charge is 2.16. The van der Waals surface area contributed by atoms with Gasteiger partial charge in [-0.2, -0.15) is 0 Å². The van der Waals surface area contributed by atoms with Crippen LogP contribution < -0.4 is 5.73 Å². The highest BCUT2D eigenvalue weighted by molar-refractivity contribution is 5.59. The molecule has 2 aromatic rings. The smallest absolute Gasteiger partial charge is 0.161 e. The lowest BCUT2D eigenvalue weighted by atomic mass is 9.95. The predicted molar refractivity (Wildman–Crippen MR) is 71.1 cm³/mol. The van der Waals surface area contributed by atoms with E-state index in [1.807, 2.05) is 6.07 Å². The molecular weight excluding hydrogens is 224 g/mol. The Morgan fingerprint density at radius 2 is 1.94 bits per heavy atom. The normalized spacial score (nSPS) is 14.3. The minimum absolute atomic E-state index is 0.645. The van der Waals surface area contributed by atoms with Crippen LogP contribution in [0.5, 0.6) is 0 Å². The van der Waals surface area contributed by atoms with Gasteiger partial charge in [0.05, 0.1) is 5.69 Å². The molecule has 4 heteroatoms. The summed E-state index contributed by atoms with van der Waals surface area (Å²) < 4.78 is 0. The molecule has 92 valence electrons. The second-order valence-corrected chi connectivity index (χ2v) is 4.77. The molecule has 4 nitrogen and oxygen atoms in total. The fourth-order valence-corrected chi connectivity index (χ4v) is 2.49. The Bertz CT molecular complexity index is 592. The van der Waals surface area contributed by atoms with E-state index < -0.39 is 0 Å². The van der Waals surface area contributed by atoms with Gasteiger partial charge < -0.3 is 5.73 Å². The van der Waals surface area contributed by atoms with E-state index in [4.69, 9.17) is 5.73 Å². The average molecular weight is 240 g/mol. The zero-order chi connectivity index (χ0) is 12.5. The standard InChI is InChI=1S/C14H16N4/c1-9-12-4-2-3-5-13(12)18-14(17-9)10-6-11(15)8-16-7-10/h6-8H,2-5,15H2,1H3. The number of fused-ring (bicyclic) bond motifs is 1. The molecule has 2 N–H and O–H groups in total. The molecule has 0 spiro atoms. The lowest BCUT2D eigenvalue weighted by Gasteiger charge is -2.17. The van der Waals surface area contributed by atoms with Gasteiger partial charge in [-0.05, 0) is 44.2 Å². The number of aromatic nitrogens is 3. The molecule has 0 fully saturated rings. The first-order valence-corrected chi connectivity index (χ1v) is 6.31. The molecule has 2 heterocycles. The van der Waals surface area contributed by atoms with E-state index in [1.165, 1.54) is 24.1 Å². The molecule has 0 atom stereocenters. The number of anilines is 1. The van der Waals surface area contributed by atoms with Gasteiger partial charge in [0.25, 0.3) is 0 Å². The SMILES string of the molecule is Cc1nc(-c2cncc(N)c2)nc2c1CCCC2. The molecule has 0 aliphatic heterocycles. The first-order chi connectivity index (χ1) is 8.74. The van der Waals surface area contributed by atoms with E-state index in [9.17, 15) is 0 Å². The Balaban J connectivity index is 2.11. The van der Waals surface area contributed by atoms with E-state index in [1.54, 1.807) is 12.4 Å². The van der Waals surface area contributed by atoms with Crippen molar-refractivity contribution in [1.29, 1.82) is 0 Å². The van der Waals surface area contributed by atoms with Crippen LogP contribution in [-0.2, 0) is 12.8 Å². The molecule has 18 heavy (non-hydrogen) atoms. The predicted octanol–water partition coefficient (Wildman–Crippen LogP) is 2.31. The van der Waals surface area contributed by atoms with Crippen molar-refractivity contribution < 1.29 is 0 Å². The Labute approximate surface area is 106 Å². The van der Waals surface area contributed by atoms with Crippen LogP contribution in [0, 0.1) is 6.92 Å². The molecule has 0 bridgehead atoms. The molecule has 1 aliphatic rings. The van der Waals surface area contributed by atoms with Gasteiger partial charge in [0.15, 0.2) is 5.82 Å². The zero-order valence-corrected chi connectivity index (χ0v) is 10.5. The van der Waals surface area contributed by atoms with Crippen molar-refractivity contribution in [3.05, 3.63) is 35.4 Å². The van der Waals surface area contributed by atoms with Crippen molar-refractivity contribution in [1.82, 2.24) is 15.0 Å². The van der Waals surface area contributed by atoms with Gasteiger partial charge in [-0.1, -0.05) is 0 Å². The number of nitrogens with zero attached hydrogens (tertiary/aromatic N) is 3. The molecule has 0 amide bonds. The summed E-state index contributed by atoms with van der Waals surface area (Å²) in [6, 6.07) is 1.87. The van der Waals surface area contributed by atoms with Crippen LogP contribution >= 0.6 is 0 Å². The Hall–Kier alpha value is -1.97. The summed E-state index contributed by atoms with van der Waals surface area (Å²) in [6.07, 6.45) is 8.03. The topological polar surface area (TPSA) is 64.7 Å². The van der Waals surface area contributed by atoms with E-state index in [2.05, 4.69) is 21.9 Å². The Kier molecular flexibility index (Phi) is 2.70. The summed E-state index contributed by atoms with van der Waals surface area (Å²) in [7, 11) is 0. The van der Waals surface area contributed by atoms with Crippen molar-refractivity contribution in [2.75, 3.05) is 5.73 Å². The molecule has 2 aromatic heterocycles. The molecule has 0 radical (unpaired) electrons. The zero-order valence-electron chi connectivity index (χ0n) is 10.5. The minimum atomic E-state index is 0.645. The number of nitrogen functional groups attached to an aromatic ring is 1. The van der Waals surface area contributed by atoms with E-state index in [-0.39, 0.29) is 0 Å². The number of nitrogens with two attached hydrogens (primary N) is 1. The molecule has 0 saturated carbocycles. The van der Waals surface area contributed by atoms with Crippen LogP contribution in [0.25, 0.3) is 11.4 Å². The van der Waals surface area contributed by atoms with Gasteiger partial charge in [0.1, 0.15) is 0 Å². The van der Waals surface area contributed by atoms with Crippen LogP contribution in [0.4, 0.5) is 5.69 Å². The van der Waals surface area contributed by atoms with Crippen molar-refractivity contribution in [3.8, 4) is 11.4 Å². The highest BCUT2D eigenvalue weighted by atomic mass is 14.9. The van der Waals surface area contributed by atoms with E-state index in [0.29, 0.717) is 5.69 Å². The van der Waals surface area contributed by atoms with Crippen molar-refractivity contribution in [2.45, 2.75) is 32.6 Å². The molecule has 1 aliphatic carbocycles. The van der Waals surface area contributed by atoms with Gasteiger partial charge in [0, 0.05) is 29.3 Å². The maximum Gasteiger partial charge on any atom is 0.161 e. The second kappa shape index (κ2) is 4.37. The number of hydrogen-bond acceptors (Lipinski definition) is 4. The molecular formula is C14H16N4. The van der Waals surface area contributed by atoms with Gasteiger partial charge in [-0.25, -0.2) is 9.97 Å². The summed E-state index contributed by atoms with van der Waals surface area (Å²) >= 11 is 0. The minimum Gasteiger partial charge on any atom is -0.397 e. The highest BCUT2D eigenvalue weighted by Crippen LogP contribution is 2.25. The van der Waals surface area contributed by atoms with Gasteiger partial charge in [-0.3, -0.25) is 4.98 Å². The second-order valence-electron chi connectivity index (χ2n) is 4.77. The fraction of sp³-hybridized carbons (Fsp3) is 0.357. The summed E-state index contributed by atoms with van der Waals surface area (Å²) in [4.78, 5) is 13.4. The fourth-order valence-electron chi connectivity index (χ4n) is 2.49. The summed E-state index contributed by atoms with van der Waals surface area (Å²) in [5.41, 5.74) is 10.9. The molecule has 0 saturated heterocycles. The van der Waals surface area contributed by atoms with Crippen LogP contribution in [0.15, 0.2) is 18.5 Å². The third kappa shape index (κ3) is 1.94. The maximum atomic E-state index is 5.75. The summed E-state index contributed by atoms with van der Waals surface area (Å²) in [6.45, 7) is 2.06. The van der Waals surface area contributed by atoms with Gasteiger partial charge in [0.2, 0.25) is 0 Å². The Morgan fingerprint density at radius 3 is 2.78 bits per heavy atom. The summed E-state index contributed by atoms with van der Waals surface area (Å²) in [5, 5.41) is 0. The van der Waals surface area contributed by atoms with Crippen LogP contribution in [0.3, 0.4) is 0 Å². The molecule has 0 aromatic carbocycles. The molecule has 3 rings (SSSR count). The van der Waals surface area contributed by atoms with Gasteiger partial charge >= 0.3 is 0 Å². The van der Waals surface area contributed by atoms with Crippen LogP contribution in [-0.4, -0.2) is 15.0 Å². The van der Waals surface area contributed by atoms with Crippen molar-refractivity contribution in [3.63, 3.8) is 0 Å². The monoisotopic (exact) mass is 240 g/mol. The van der Waals surface area contributed by atoms with Crippen molar-refractivity contribution in [2.24, 2.45) is 0 Å². The Morgan fingerprint density at radius 1 is 1.11 bits per heavy atom. The lowest BCUT2D eigenvalue weighted by Crippen LogP contribution is -2.10. The third-order valence-electron chi connectivity index (χ3n) is 3.41.